The molecule has 0 aliphatic carbocycles. The zero-order valence-corrected chi connectivity index (χ0v) is 13.8. The van der Waals surface area contributed by atoms with E-state index < -0.39 is 0 Å². The number of rotatable bonds is 3. The molecular weight excluding hydrogens is 294 g/mol. The molecule has 4 rings (SSSR count). The van der Waals surface area contributed by atoms with Crippen LogP contribution in [0.4, 0.5) is 0 Å². The van der Waals surface area contributed by atoms with Crippen molar-refractivity contribution in [2.45, 2.75) is 45.3 Å². The largest absolute Gasteiger partial charge is 0.381 e. The molecule has 7 nitrogen and oxygen atoms in total. The van der Waals surface area contributed by atoms with Gasteiger partial charge in [0, 0.05) is 45.2 Å². The molecule has 0 unspecified atom stereocenters. The van der Waals surface area contributed by atoms with Crippen molar-refractivity contribution in [2.75, 3.05) is 32.8 Å². The van der Waals surface area contributed by atoms with Crippen LogP contribution in [0.2, 0.25) is 0 Å². The third-order valence-electron chi connectivity index (χ3n) is 5.38. The van der Waals surface area contributed by atoms with E-state index in [2.05, 4.69) is 26.6 Å². The SMILES string of the molecule is CCc1nnc2n1CCN(C1CN(C(=O)[C@@H]3CCCOC3)C1)C2. The number of fused-ring (bicyclic) bond motifs is 1. The van der Waals surface area contributed by atoms with Crippen LogP contribution < -0.4 is 0 Å². The number of likely N-dealkylation sites (tertiary alicyclic amines) is 1. The molecule has 2 saturated heterocycles. The number of hydrogen-bond acceptors (Lipinski definition) is 5. The Bertz CT molecular complexity index is 575. The lowest BCUT2D eigenvalue weighted by Gasteiger charge is -2.47. The Kier molecular flexibility index (Phi) is 4.07. The zero-order valence-electron chi connectivity index (χ0n) is 13.8. The Morgan fingerprint density at radius 2 is 2.17 bits per heavy atom. The summed E-state index contributed by atoms with van der Waals surface area (Å²) in [7, 11) is 0. The third-order valence-corrected chi connectivity index (χ3v) is 5.38. The molecule has 0 radical (unpaired) electrons. The van der Waals surface area contributed by atoms with Crippen molar-refractivity contribution < 1.29 is 9.53 Å². The standard InChI is InChI=1S/C16H25N5O2/c1-2-14-17-18-15-10-19(5-6-21(14)15)13-8-20(9-13)16(22)12-4-3-7-23-11-12/h12-13H,2-11H2,1H3/t12-/m1/s1. The van der Waals surface area contributed by atoms with E-state index in [1.807, 2.05) is 4.90 Å². The highest BCUT2D eigenvalue weighted by Gasteiger charge is 2.39. The fraction of sp³-hybridized carbons (Fsp3) is 0.812. The van der Waals surface area contributed by atoms with Gasteiger partial charge in [-0.15, -0.1) is 10.2 Å². The van der Waals surface area contributed by atoms with Crippen LogP contribution >= 0.6 is 0 Å². The summed E-state index contributed by atoms with van der Waals surface area (Å²) in [6.07, 6.45) is 2.92. The number of hydrogen-bond donors (Lipinski definition) is 0. The minimum absolute atomic E-state index is 0.0845. The highest BCUT2D eigenvalue weighted by molar-refractivity contribution is 5.80. The second-order valence-electron chi connectivity index (χ2n) is 6.82. The van der Waals surface area contributed by atoms with Crippen molar-refractivity contribution in [3.8, 4) is 0 Å². The predicted molar refractivity (Wildman–Crippen MR) is 83.7 cm³/mol. The lowest BCUT2D eigenvalue weighted by molar-refractivity contribution is -0.147. The molecule has 2 fully saturated rings. The minimum atomic E-state index is 0.0845. The summed E-state index contributed by atoms with van der Waals surface area (Å²) in [4.78, 5) is 16.9. The fourth-order valence-electron chi connectivity index (χ4n) is 3.87. The Hall–Kier alpha value is -1.47. The van der Waals surface area contributed by atoms with Gasteiger partial charge in [0.25, 0.3) is 0 Å². The Labute approximate surface area is 136 Å². The average Bonchev–Trinajstić information content (AvgIpc) is 2.96. The lowest BCUT2D eigenvalue weighted by Crippen LogP contribution is -2.63. The molecule has 23 heavy (non-hydrogen) atoms. The van der Waals surface area contributed by atoms with Crippen LogP contribution in [0.3, 0.4) is 0 Å². The topological polar surface area (TPSA) is 63.5 Å². The van der Waals surface area contributed by atoms with E-state index >= 15 is 0 Å². The lowest BCUT2D eigenvalue weighted by atomic mass is 9.97. The van der Waals surface area contributed by atoms with E-state index in [4.69, 9.17) is 4.74 Å². The van der Waals surface area contributed by atoms with Crippen LogP contribution in [0.5, 0.6) is 0 Å². The molecule has 0 N–H and O–H groups in total. The molecule has 0 bridgehead atoms. The minimum Gasteiger partial charge on any atom is -0.381 e. The summed E-state index contributed by atoms with van der Waals surface area (Å²) in [6, 6.07) is 0.471. The second-order valence-corrected chi connectivity index (χ2v) is 6.82. The number of ether oxygens (including phenoxy) is 1. The molecule has 4 heterocycles. The maximum atomic E-state index is 12.5. The maximum absolute atomic E-state index is 12.5. The monoisotopic (exact) mass is 319 g/mol. The van der Waals surface area contributed by atoms with Crippen LogP contribution in [0.1, 0.15) is 31.4 Å². The smallest absolute Gasteiger partial charge is 0.228 e. The average molecular weight is 319 g/mol. The number of aryl methyl sites for hydroxylation is 1. The molecule has 1 atom stereocenters. The zero-order chi connectivity index (χ0) is 15.8. The molecule has 0 aromatic carbocycles. The van der Waals surface area contributed by atoms with Crippen molar-refractivity contribution >= 4 is 5.91 Å². The first-order valence-corrected chi connectivity index (χ1v) is 8.77. The quantitative estimate of drug-likeness (QED) is 0.801. The molecule has 0 spiro atoms. The molecule has 1 aromatic rings. The highest BCUT2D eigenvalue weighted by atomic mass is 16.5. The molecular formula is C16H25N5O2. The Morgan fingerprint density at radius 1 is 1.30 bits per heavy atom. The number of carbonyl (C=O) groups excluding carboxylic acids is 1. The first-order valence-electron chi connectivity index (χ1n) is 8.77. The van der Waals surface area contributed by atoms with Gasteiger partial charge in [0.15, 0.2) is 0 Å². The molecule has 1 amide bonds. The second kappa shape index (κ2) is 6.20. The number of aromatic nitrogens is 3. The van der Waals surface area contributed by atoms with Crippen molar-refractivity contribution in [1.29, 1.82) is 0 Å². The summed E-state index contributed by atoms with van der Waals surface area (Å²) < 4.78 is 7.69. The normalized spacial score (nSPS) is 26.0. The van der Waals surface area contributed by atoms with E-state index in [0.717, 1.165) is 70.2 Å². The molecule has 126 valence electrons. The van der Waals surface area contributed by atoms with Crippen LogP contribution in [0.25, 0.3) is 0 Å². The summed E-state index contributed by atoms with van der Waals surface area (Å²) >= 11 is 0. The molecule has 0 saturated carbocycles. The molecule has 3 aliphatic rings. The van der Waals surface area contributed by atoms with E-state index in [0.29, 0.717) is 12.6 Å². The molecule has 1 aromatic heterocycles. The maximum Gasteiger partial charge on any atom is 0.228 e. The van der Waals surface area contributed by atoms with Gasteiger partial charge < -0.3 is 14.2 Å². The van der Waals surface area contributed by atoms with Crippen LogP contribution in [0, 0.1) is 5.92 Å². The van der Waals surface area contributed by atoms with Gasteiger partial charge in [0.1, 0.15) is 11.6 Å². The van der Waals surface area contributed by atoms with E-state index in [-0.39, 0.29) is 11.8 Å². The van der Waals surface area contributed by atoms with Gasteiger partial charge >= 0.3 is 0 Å². The van der Waals surface area contributed by atoms with Crippen LogP contribution in [-0.4, -0.2) is 69.4 Å². The van der Waals surface area contributed by atoms with Gasteiger partial charge in [0.2, 0.25) is 5.91 Å². The number of nitrogens with zero attached hydrogens (tertiary/aromatic N) is 5. The van der Waals surface area contributed by atoms with E-state index in [1.54, 1.807) is 0 Å². The summed E-state index contributed by atoms with van der Waals surface area (Å²) in [6.45, 7) is 8.07. The van der Waals surface area contributed by atoms with Gasteiger partial charge in [-0.3, -0.25) is 9.69 Å². The predicted octanol–water partition coefficient (Wildman–Crippen LogP) is 0.294. The van der Waals surface area contributed by atoms with Gasteiger partial charge in [-0.2, -0.15) is 0 Å². The Morgan fingerprint density at radius 3 is 2.91 bits per heavy atom. The molecule has 3 aliphatic heterocycles. The van der Waals surface area contributed by atoms with E-state index in [9.17, 15) is 4.79 Å². The molecule has 7 heteroatoms. The summed E-state index contributed by atoms with van der Waals surface area (Å²) in [5.74, 6) is 2.52. The number of amides is 1. The van der Waals surface area contributed by atoms with E-state index in [1.165, 1.54) is 0 Å². The van der Waals surface area contributed by atoms with Crippen molar-refractivity contribution in [1.82, 2.24) is 24.6 Å². The van der Waals surface area contributed by atoms with Gasteiger partial charge in [-0.25, -0.2) is 0 Å². The Balaban J connectivity index is 1.31. The van der Waals surface area contributed by atoms with Crippen molar-refractivity contribution in [3.05, 3.63) is 11.6 Å². The van der Waals surface area contributed by atoms with Crippen molar-refractivity contribution in [3.63, 3.8) is 0 Å². The first kappa shape index (κ1) is 15.1. The fourth-order valence-corrected chi connectivity index (χ4v) is 3.87. The van der Waals surface area contributed by atoms with Gasteiger partial charge in [-0.1, -0.05) is 6.92 Å². The summed E-state index contributed by atoms with van der Waals surface area (Å²) in [5.41, 5.74) is 0. The first-order chi connectivity index (χ1) is 11.3. The third kappa shape index (κ3) is 2.76. The highest BCUT2D eigenvalue weighted by Crippen LogP contribution is 2.24. The summed E-state index contributed by atoms with van der Waals surface area (Å²) in [5, 5.41) is 8.59. The van der Waals surface area contributed by atoms with Gasteiger partial charge in [-0.05, 0) is 12.8 Å². The van der Waals surface area contributed by atoms with Crippen LogP contribution in [0.15, 0.2) is 0 Å². The van der Waals surface area contributed by atoms with Crippen LogP contribution in [-0.2, 0) is 29.0 Å². The van der Waals surface area contributed by atoms with Crippen molar-refractivity contribution in [2.24, 2.45) is 5.92 Å². The van der Waals surface area contributed by atoms with Gasteiger partial charge in [0.05, 0.1) is 19.1 Å². The number of carbonyl (C=O) groups is 1.